The van der Waals surface area contributed by atoms with Gasteiger partial charge in [0.15, 0.2) is 0 Å². The first-order valence-corrected chi connectivity index (χ1v) is 6.70. The summed E-state index contributed by atoms with van der Waals surface area (Å²) in [6.07, 6.45) is 1.25. The maximum atomic E-state index is 14.3. The molecular formula is C17H15F4N. The van der Waals surface area contributed by atoms with E-state index in [1.165, 1.54) is 42.6 Å². The Bertz CT molecular complexity index is 628. The molecule has 0 amide bonds. The van der Waals surface area contributed by atoms with Gasteiger partial charge in [0.1, 0.15) is 6.54 Å². The molecular weight excluding hydrogens is 294 g/mol. The number of benzene rings is 2. The average Bonchev–Trinajstić information content (AvgIpc) is 2.47. The van der Waals surface area contributed by atoms with Crippen molar-refractivity contribution in [2.75, 3.05) is 6.54 Å². The van der Waals surface area contributed by atoms with Gasteiger partial charge in [0, 0.05) is 24.3 Å². The van der Waals surface area contributed by atoms with Crippen LogP contribution in [-0.4, -0.2) is 18.7 Å². The lowest BCUT2D eigenvalue weighted by Gasteiger charge is -2.17. The molecule has 0 spiro atoms. The Hall–Kier alpha value is -2.17. The number of hydrogen-bond acceptors (Lipinski definition) is 1. The number of nitrogens with zero attached hydrogens (tertiary/aromatic N) is 1. The fourth-order valence-corrected chi connectivity index (χ4v) is 1.90. The van der Waals surface area contributed by atoms with Gasteiger partial charge in [0.25, 0.3) is 11.8 Å². The summed E-state index contributed by atoms with van der Waals surface area (Å²) >= 11 is 0. The van der Waals surface area contributed by atoms with E-state index in [2.05, 4.69) is 4.99 Å². The number of halogens is 4. The molecule has 0 aromatic heterocycles. The summed E-state index contributed by atoms with van der Waals surface area (Å²) in [7, 11) is 0. The molecule has 0 N–H and O–H groups in total. The molecule has 0 aliphatic carbocycles. The van der Waals surface area contributed by atoms with Crippen molar-refractivity contribution >= 4 is 6.21 Å². The van der Waals surface area contributed by atoms with Gasteiger partial charge in [0.05, 0.1) is 0 Å². The molecule has 0 fully saturated rings. The highest BCUT2D eigenvalue weighted by molar-refractivity contribution is 5.79. The molecule has 2 aromatic carbocycles. The van der Waals surface area contributed by atoms with Gasteiger partial charge >= 0.3 is 0 Å². The molecule has 2 rings (SSSR count). The maximum absolute atomic E-state index is 14.3. The van der Waals surface area contributed by atoms with E-state index in [9.17, 15) is 17.6 Å². The standard InChI is InChI=1S/C17H15F4N/c1-16(18,19)12-22-11-13-7-9-15(10-8-13)17(20,21)14-5-3-2-4-6-14/h2-11H,12H2,1H3. The van der Waals surface area contributed by atoms with Crippen LogP contribution in [-0.2, 0) is 5.92 Å². The van der Waals surface area contributed by atoms with Gasteiger partial charge in [-0.1, -0.05) is 54.6 Å². The Labute approximate surface area is 126 Å². The van der Waals surface area contributed by atoms with Crippen molar-refractivity contribution < 1.29 is 17.6 Å². The highest BCUT2D eigenvalue weighted by Gasteiger charge is 2.33. The average molecular weight is 309 g/mol. The third-order valence-corrected chi connectivity index (χ3v) is 3.02. The topological polar surface area (TPSA) is 12.4 Å². The molecule has 0 saturated heterocycles. The highest BCUT2D eigenvalue weighted by atomic mass is 19.3. The second-order valence-corrected chi connectivity index (χ2v) is 5.10. The molecule has 116 valence electrons. The lowest BCUT2D eigenvalue weighted by molar-refractivity contribution is 0.0328. The molecule has 1 nitrogen and oxygen atoms in total. The van der Waals surface area contributed by atoms with E-state index < -0.39 is 18.4 Å². The largest absolute Gasteiger partial charge is 0.298 e. The normalized spacial score (nSPS) is 12.8. The van der Waals surface area contributed by atoms with Crippen molar-refractivity contribution in [3.05, 3.63) is 71.3 Å². The summed E-state index contributed by atoms with van der Waals surface area (Å²) < 4.78 is 53.8. The molecule has 22 heavy (non-hydrogen) atoms. The van der Waals surface area contributed by atoms with Gasteiger partial charge < -0.3 is 0 Å². The zero-order valence-electron chi connectivity index (χ0n) is 11.9. The van der Waals surface area contributed by atoms with E-state index in [1.54, 1.807) is 18.2 Å². The summed E-state index contributed by atoms with van der Waals surface area (Å²) in [5.74, 6) is -5.98. The molecule has 0 saturated carbocycles. The van der Waals surface area contributed by atoms with Crippen molar-refractivity contribution in [3.63, 3.8) is 0 Å². The van der Waals surface area contributed by atoms with Crippen molar-refractivity contribution in [2.24, 2.45) is 4.99 Å². The molecule has 2 aromatic rings. The molecule has 0 heterocycles. The van der Waals surface area contributed by atoms with Gasteiger partial charge in [-0.15, -0.1) is 0 Å². The Morgan fingerprint density at radius 2 is 1.41 bits per heavy atom. The van der Waals surface area contributed by atoms with Gasteiger partial charge in [-0.05, 0) is 5.56 Å². The predicted molar refractivity (Wildman–Crippen MR) is 79.0 cm³/mol. The van der Waals surface area contributed by atoms with Crippen molar-refractivity contribution in [1.82, 2.24) is 0 Å². The highest BCUT2D eigenvalue weighted by Crippen LogP contribution is 2.35. The first-order valence-electron chi connectivity index (χ1n) is 6.70. The first-order chi connectivity index (χ1) is 10.3. The van der Waals surface area contributed by atoms with Gasteiger partial charge in [-0.2, -0.15) is 8.78 Å². The number of rotatable bonds is 5. The zero-order chi connectivity index (χ0) is 16.2. The van der Waals surface area contributed by atoms with E-state index in [-0.39, 0.29) is 11.1 Å². The van der Waals surface area contributed by atoms with Crippen molar-refractivity contribution in [1.29, 1.82) is 0 Å². The lowest BCUT2D eigenvalue weighted by Crippen LogP contribution is -2.15. The summed E-state index contributed by atoms with van der Waals surface area (Å²) in [5, 5.41) is 0. The lowest BCUT2D eigenvalue weighted by atomic mass is 9.99. The molecule has 0 radical (unpaired) electrons. The Morgan fingerprint density at radius 1 is 0.864 bits per heavy atom. The molecule has 5 heteroatoms. The predicted octanol–water partition coefficient (Wildman–Crippen LogP) is 4.90. The quantitative estimate of drug-likeness (QED) is 0.550. The first kappa shape index (κ1) is 16.2. The van der Waals surface area contributed by atoms with Gasteiger partial charge in [-0.3, -0.25) is 4.99 Å². The second kappa shape index (κ2) is 6.30. The smallest absolute Gasteiger partial charge is 0.286 e. The van der Waals surface area contributed by atoms with Crippen LogP contribution in [0.25, 0.3) is 0 Å². The molecule has 0 unspecified atom stereocenters. The van der Waals surface area contributed by atoms with Crippen LogP contribution in [0.2, 0.25) is 0 Å². The fraction of sp³-hybridized carbons (Fsp3) is 0.235. The van der Waals surface area contributed by atoms with Crippen molar-refractivity contribution in [2.45, 2.75) is 18.8 Å². The van der Waals surface area contributed by atoms with E-state index in [0.717, 1.165) is 6.92 Å². The number of aliphatic imine (C=N–C) groups is 1. The van der Waals surface area contributed by atoms with Crippen LogP contribution in [0.15, 0.2) is 59.6 Å². The van der Waals surface area contributed by atoms with E-state index >= 15 is 0 Å². The molecule has 0 bridgehead atoms. The van der Waals surface area contributed by atoms with E-state index in [4.69, 9.17) is 0 Å². The summed E-state index contributed by atoms with van der Waals surface area (Å²) in [6.45, 7) is 0.142. The van der Waals surface area contributed by atoms with Crippen LogP contribution in [0.5, 0.6) is 0 Å². The van der Waals surface area contributed by atoms with Gasteiger partial charge in [-0.25, -0.2) is 8.78 Å². The Morgan fingerprint density at radius 3 is 1.95 bits per heavy atom. The van der Waals surface area contributed by atoms with Crippen LogP contribution in [0.3, 0.4) is 0 Å². The summed E-state index contributed by atoms with van der Waals surface area (Å²) in [4.78, 5) is 3.60. The molecule has 0 aliphatic rings. The van der Waals surface area contributed by atoms with Crippen molar-refractivity contribution in [3.8, 4) is 0 Å². The monoisotopic (exact) mass is 309 g/mol. The van der Waals surface area contributed by atoms with E-state index in [1.807, 2.05) is 0 Å². The van der Waals surface area contributed by atoms with Crippen LogP contribution in [0.1, 0.15) is 23.6 Å². The third-order valence-electron chi connectivity index (χ3n) is 3.02. The minimum Gasteiger partial charge on any atom is -0.286 e. The molecule has 0 atom stereocenters. The number of alkyl halides is 4. The Balaban J connectivity index is 2.15. The SMILES string of the molecule is CC(F)(F)CN=Cc1ccc(C(F)(F)c2ccccc2)cc1. The van der Waals surface area contributed by atoms with Crippen LogP contribution in [0, 0.1) is 0 Å². The zero-order valence-corrected chi connectivity index (χ0v) is 11.9. The minimum atomic E-state index is -3.10. The minimum absolute atomic E-state index is 0.0953. The summed E-state index contributed by atoms with van der Waals surface area (Å²) in [6, 6.07) is 12.9. The fourth-order valence-electron chi connectivity index (χ4n) is 1.90. The summed E-state index contributed by atoms with van der Waals surface area (Å²) in [5.41, 5.74) is 0.246. The van der Waals surface area contributed by atoms with Crippen LogP contribution >= 0.6 is 0 Å². The second-order valence-electron chi connectivity index (χ2n) is 5.10. The third kappa shape index (κ3) is 4.16. The maximum Gasteiger partial charge on any atom is 0.298 e. The molecule has 0 aliphatic heterocycles. The Kier molecular flexibility index (Phi) is 4.64. The van der Waals surface area contributed by atoms with Crippen LogP contribution < -0.4 is 0 Å². The van der Waals surface area contributed by atoms with Crippen LogP contribution in [0.4, 0.5) is 17.6 Å². The van der Waals surface area contributed by atoms with Gasteiger partial charge in [0.2, 0.25) is 0 Å². The number of hydrogen-bond donors (Lipinski definition) is 0. The van der Waals surface area contributed by atoms with E-state index in [0.29, 0.717) is 5.56 Å².